The topological polar surface area (TPSA) is 49.6 Å². The smallest absolute Gasteiger partial charge is 0.320 e. The summed E-state index contributed by atoms with van der Waals surface area (Å²) < 4.78 is 0. The molecule has 2 amide bonds. The molecule has 4 nitrogen and oxygen atoms in total. The number of amides is 2. The molecule has 16 heavy (non-hydrogen) atoms. The third-order valence-electron chi connectivity index (χ3n) is 2.93. The second-order valence-corrected chi connectivity index (χ2v) is 4.98. The first-order chi connectivity index (χ1) is 7.54. The number of hydrogen-bond donors (Lipinski definition) is 1. The fourth-order valence-electron chi connectivity index (χ4n) is 2.07. The fraction of sp³-hybridized carbons (Fsp3) is 0.818. The Morgan fingerprint density at radius 3 is 2.81 bits per heavy atom. The maximum Gasteiger partial charge on any atom is 0.320 e. The fourth-order valence-corrected chi connectivity index (χ4v) is 2.22. The van der Waals surface area contributed by atoms with Gasteiger partial charge in [-0.05, 0) is 25.7 Å². The van der Waals surface area contributed by atoms with Gasteiger partial charge in [0.05, 0.1) is 11.5 Å². The Morgan fingerprint density at radius 1 is 1.62 bits per heavy atom. The lowest BCUT2D eigenvalue weighted by Crippen LogP contribution is -2.49. The van der Waals surface area contributed by atoms with Gasteiger partial charge in [-0.2, -0.15) is 0 Å². The van der Waals surface area contributed by atoms with E-state index in [1.165, 1.54) is 6.42 Å². The van der Waals surface area contributed by atoms with E-state index in [2.05, 4.69) is 6.92 Å². The van der Waals surface area contributed by atoms with E-state index in [0.717, 1.165) is 19.5 Å². The summed E-state index contributed by atoms with van der Waals surface area (Å²) >= 11 is 4.85. The SMILES string of the molecule is CCN(CC(N)=S)C(=O)N1CCCC(C)C1. The monoisotopic (exact) mass is 243 g/mol. The van der Waals surface area contributed by atoms with Crippen molar-refractivity contribution in [1.82, 2.24) is 9.80 Å². The summed E-state index contributed by atoms with van der Waals surface area (Å²) in [5.74, 6) is 0.598. The van der Waals surface area contributed by atoms with E-state index in [4.69, 9.17) is 18.0 Å². The van der Waals surface area contributed by atoms with Gasteiger partial charge in [0.25, 0.3) is 0 Å². The van der Waals surface area contributed by atoms with Crippen LogP contribution in [0.4, 0.5) is 4.79 Å². The third kappa shape index (κ3) is 3.63. The van der Waals surface area contributed by atoms with Gasteiger partial charge < -0.3 is 15.5 Å². The van der Waals surface area contributed by atoms with Crippen LogP contribution in [-0.4, -0.2) is 47.0 Å². The Balaban J connectivity index is 2.56. The summed E-state index contributed by atoms with van der Waals surface area (Å²) in [5, 5.41) is 0. The summed E-state index contributed by atoms with van der Waals surface area (Å²) in [7, 11) is 0. The van der Waals surface area contributed by atoms with Crippen LogP contribution in [0, 0.1) is 5.92 Å². The number of nitrogens with zero attached hydrogens (tertiary/aromatic N) is 2. The van der Waals surface area contributed by atoms with Crippen molar-refractivity contribution in [2.24, 2.45) is 11.7 Å². The van der Waals surface area contributed by atoms with Crippen LogP contribution in [-0.2, 0) is 0 Å². The molecule has 0 aliphatic carbocycles. The van der Waals surface area contributed by atoms with Crippen LogP contribution in [0.15, 0.2) is 0 Å². The second kappa shape index (κ2) is 6.03. The molecule has 0 bridgehead atoms. The van der Waals surface area contributed by atoms with Crippen molar-refractivity contribution < 1.29 is 4.79 Å². The van der Waals surface area contributed by atoms with Gasteiger partial charge >= 0.3 is 6.03 Å². The molecule has 0 aromatic rings. The summed E-state index contributed by atoms with van der Waals surface area (Å²) in [4.78, 5) is 16.1. The van der Waals surface area contributed by atoms with Crippen molar-refractivity contribution in [2.75, 3.05) is 26.2 Å². The number of urea groups is 1. The molecule has 0 aromatic carbocycles. The van der Waals surface area contributed by atoms with Crippen LogP contribution in [0.3, 0.4) is 0 Å². The van der Waals surface area contributed by atoms with Gasteiger partial charge in [-0.15, -0.1) is 0 Å². The minimum atomic E-state index is 0.0712. The maximum absolute atomic E-state index is 12.1. The van der Waals surface area contributed by atoms with Gasteiger partial charge in [0, 0.05) is 19.6 Å². The molecule has 1 rings (SSSR count). The van der Waals surface area contributed by atoms with Gasteiger partial charge in [0.2, 0.25) is 0 Å². The third-order valence-corrected chi connectivity index (χ3v) is 3.06. The van der Waals surface area contributed by atoms with Gasteiger partial charge in [-0.1, -0.05) is 19.1 Å². The van der Waals surface area contributed by atoms with Crippen molar-refractivity contribution in [3.8, 4) is 0 Å². The zero-order valence-corrected chi connectivity index (χ0v) is 10.9. The molecule has 1 unspecified atom stereocenters. The number of piperidine rings is 1. The van der Waals surface area contributed by atoms with E-state index < -0.39 is 0 Å². The molecule has 0 aromatic heterocycles. The van der Waals surface area contributed by atoms with E-state index in [0.29, 0.717) is 24.0 Å². The Hall–Kier alpha value is -0.840. The van der Waals surface area contributed by atoms with Crippen LogP contribution >= 0.6 is 12.2 Å². The summed E-state index contributed by atoms with van der Waals surface area (Å²) in [6, 6.07) is 0.0712. The van der Waals surface area contributed by atoms with Crippen molar-refractivity contribution in [3.63, 3.8) is 0 Å². The molecule has 2 N–H and O–H groups in total. The molecule has 0 radical (unpaired) electrons. The van der Waals surface area contributed by atoms with Crippen molar-refractivity contribution >= 4 is 23.2 Å². The van der Waals surface area contributed by atoms with Crippen molar-refractivity contribution in [2.45, 2.75) is 26.7 Å². The zero-order chi connectivity index (χ0) is 12.1. The first-order valence-corrected chi connectivity index (χ1v) is 6.27. The number of likely N-dealkylation sites (tertiary alicyclic amines) is 1. The molecule has 0 spiro atoms. The zero-order valence-electron chi connectivity index (χ0n) is 10.1. The van der Waals surface area contributed by atoms with Crippen LogP contribution in [0.25, 0.3) is 0 Å². The largest absolute Gasteiger partial charge is 0.392 e. The normalized spacial score (nSPS) is 20.6. The molecule has 1 atom stereocenters. The first kappa shape index (κ1) is 13.2. The maximum atomic E-state index is 12.1. The molecular formula is C11H21N3OS. The number of rotatable bonds is 3. The molecular weight excluding hydrogens is 222 g/mol. The summed E-state index contributed by atoms with van der Waals surface area (Å²) in [6.45, 7) is 6.88. The average molecular weight is 243 g/mol. The minimum Gasteiger partial charge on any atom is -0.392 e. The van der Waals surface area contributed by atoms with E-state index in [1.807, 2.05) is 11.8 Å². The number of thiocarbonyl (C=S) groups is 1. The standard InChI is InChI=1S/C11H21N3OS/c1-3-13(8-10(12)16)11(15)14-6-4-5-9(2)7-14/h9H,3-8H2,1-2H3,(H2,12,16). The van der Waals surface area contributed by atoms with Crippen molar-refractivity contribution in [1.29, 1.82) is 0 Å². The predicted molar refractivity (Wildman–Crippen MR) is 69.4 cm³/mol. The molecule has 1 aliphatic heterocycles. The average Bonchev–Trinajstić information content (AvgIpc) is 2.24. The Labute approximate surface area is 103 Å². The highest BCUT2D eigenvalue weighted by atomic mass is 32.1. The minimum absolute atomic E-state index is 0.0712. The Kier molecular flexibility index (Phi) is 4.99. The number of carbonyl (C=O) groups is 1. The number of nitrogens with two attached hydrogens (primary N) is 1. The molecule has 5 heteroatoms. The molecule has 1 aliphatic rings. The van der Waals surface area contributed by atoms with E-state index in [-0.39, 0.29) is 6.03 Å². The van der Waals surface area contributed by atoms with Gasteiger partial charge in [0.15, 0.2) is 0 Å². The Bertz CT molecular complexity index is 270. The lowest BCUT2D eigenvalue weighted by molar-refractivity contribution is 0.138. The lowest BCUT2D eigenvalue weighted by atomic mass is 10.0. The van der Waals surface area contributed by atoms with Crippen LogP contribution in [0.1, 0.15) is 26.7 Å². The van der Waals surface area contributed by atoms with E-state index in [9.17, 15) is 4.79 Å². The van der Waals surface area contributed by atoms with Crippen LogP contribution < -0.4 is 5.73 Å². The highest BCUT2D eigenvalue weighted by molar-refractivity contribution is 7.80. The highest BCUT2D eigenvalue weighted by Crippen LogP contribution is 2.16. The lowest BCUT2D eigenvalue weighted by Gasteiger charge is -2.34. The van der Waals surface area contributed by atoms with E-state index in [1.54, 1.807) is 4.90 Å². The molecule has 1 fully saturated rings. The summed E-state index contributed by atoms with van der Waals surface area (Å²) in [6.07, 6.45) is 2.31. The van der Waals surface area contributed by atoms with Gasteiger partial charge in [-0.3, -0.25) is 0 Å². The molecule has 1 saturated heterocycles. The highest BCUT2D eigenvalue weighted by Gasteiger charge is 2.24. The van der Waals surface area contributed by atoms with Gasteiger partial charge in [0.1, 0.15) is 0 Å². The summed E-state index contributed by atoms with van der Waals surface area (Å²) in [5.41, 5.74) is 5.48. The van der Waals surface area contributed by atoms with Crippen LogP contribution in [0.2, 0.25) is 0 Å². The number of hydrogen-bond acceptors (Lipinski definition) is 2. The quantitative estimate of drug-likeness (QED) is 0.763. The van der Waals surface area contributed by atoms with Gasteiger partial charge in [-0.25, -0.2) is 4.79 Å². The predicted octanol–water partition coefficient (Wildman–Crippen LogP) is 1.45. The molecule has 1 heterocycles. The Morgan fingerprint density at radius 2 is 2.31 bits per heavy atom. The molecule has 92 valence electrons. The first-order valence-electron chi connectivity index (χ1n) is 5.86. The van der Waals surface area contributed by atoms with Crippen LogP contribution in [0.5, 0.6) is 0 Å². The number of carbonyl (C=O) groups excluding carboxylic acids is 1. The van der Waals surface area contributed by atoms with E-state index >= 15 is 0 Å². The molecule has 0 saturated carbocycles. The second-order valence-electron chi connectivity index (χ2n) is 4.46. The number of likely N-dealkylation sites (N-methyl/N-ethyl adjacent to an activating group) is 1. The van der Waals surface area contributed by atoms with Crippen molar-refractivity contribution in [3.05, 3.63) is 0 Å².